The molecule has 0 spiro atoms. The van der Waals surface area contributed by atoms with E-state index in [0.717, 1.165) is 12.8 Å². The van der Waals surface area contributed by atoms with Crippen molar-refractivity contribution in [1.82, 2.24) is 4.31 Å². The van der Waals surface area contributed by atoms with Gasteiger partial charge in [0.25, 0.3) is 0 Å². The van der Waals surface area contributed by atoms with Gasteiger partial charge in [-0.25, -0.2) is 12.7 Å². The Bertz CT molecular complexity index is 294. The fourth-order valence-corrected chi connectivity index (χ4v) is 3.41. The number of sulfonamides is 1. The van der Waals surface area contributed by atoms with E-state index in [-0.39, 0.29) is 17.8 Å². The number of rotatable bonds is 5. The van der Waals surface area contributed by atoms with Gasteiger partial charge in [-0.05, 0) is 24.7 Å². The molecule has 0 aromatic rings. The van der Waals surface area contributed by atoms with E-state index in [4.69, 9.17) is 5.11 Å². The molecule has 4 nitrogen and oxygen atoms in total. The van der Waals surface area contributed by atoms with Crippen LogP contribution in [0.15, 0.2) is 0 Å². The summed E-state index contributed by atoms with van der Waals surface area (Å²) in [5, 5.41) is 9.11. The molecule has 0 heterocycles. The highest BCUT2D eigenvalue weighted by Crippen LogP contribution is 2.28. The molecule has 1 saturated carbocycles. The minimum absolute atomic E-state index is 0.157. The topological polar surface area (TPSA) is 57.6 Å². The fraction of sp³-hybridized carbons (Fsp3) is 1.00. The van der Waals surface area contributed by atoms with Crippen molar-refractivity contribution in [1.29, 1.82) is 0 Å². The summed E-state index contributed by atoms with van der Waals surface area (Å²) in [6.07, 6.45) is 1.26. The van der Waals surface area contributed by atoms with Crippen molar-refractivity contribution in [2.45, 2.75) is 32.8 Å². The highest BCUT2D eigenvalue weighted by Gasteiger charge is 2.31. The largest absolute Gasteiger partial charge is 0.393 e. The molecule has 1 rings (SSSR count). The first kappa shape index (κ1) is 12.9. The van der Waals surface area contributed by atoms with E-state index in [0.29, 0.717) is 12.5 Å². The number of aliphatic hydroxyl groups is 1. The summed E-state index contributed by atoms with van der Waals surface area (Å²) in [5.41, 5.74) is 0. The molecule has 1 fully saturated rings. The van der Waals surface area contributed by atoms with E-state index in [1.54, 1.807) is 7.05 Å². The Morgan fingerprint density at radius 1 is 1.40 bits per heavy atom. The van der Waals surface area contributed by atoms with Gasteiger partial charge in [0.05, 0.1) is 11.9 Å². The lowest BCUT2D eigenvalue weighted by Gasteiger charge is -2.34. The third-order valence-corrected chi connectivity index (χ3v) is 4.93. The van der Waals surface area contributed by atoms with Crippen LogP contribution >= 0.6 is 0 Å². The number of hydrogen-bond acceptors (Lipinski definition) is 3. The first-order chi connectivity index (χ1) is 6.81. The molecular weight excluding hydrogens is 214 g/mol. The van der Waals surface area contributed by atoms with Crippen LogP contribution in [-0.4, -0.2) is 43.3 Å². The maximum Gasteiger partial charge on any atom is 0.214 e. The molecule has 1 aliphatic carbocycles. The maximum absolute atomic E-state index is 11.8. The molecule has 15 heavy (non-hydrogen) atoms. The Morgan fingerprint density at radius 2 is 1.93 bits per heavy atom. The van der Waals surface area contributed by atoms with E-state index >= 15 is 0 Å². The van der Waals surface area contributed by atoms with Gasteiger partial charge in [-0.15, -0.1) is 0 Å². The SMILES string of the molecule is CC(C)CS(=O)(=O)N(C)CC1CC(O)C1. The van der Waals surface area contributed by atoms with E-state index in [9.17, 15) is 8.42 Å². The molecular formula is C10H21NO3S. The highest BCUT2D eigenvalue weighted by atomic mass is 32.2. The van der Waals surface area contributed by atoms with Gasteiger partial charge in [0, 0.05) is 13.6 Å². The Kier molecular flexibility index (Phi) is 4.14. The van der Waals surface area contributed by atoms with E-state index < -0.39 is 10.0 Å². The lowest BCUT2D eigenvalue weighted by atomic mass is 9.82. The summed E-state index contributed by atoms with van der Waals surface area (Å²) in [7, 11) is -1.47. The van der Waals surface area contributed by atoms with Crippen LogP contribution in [-0.2, 0) is 10.0 Å². The molecule has 0 radical (unpaired) electrons. The second-order valence-electron chi connectivity index (χ2n) is 4.94. The van der Waals surface area contributed by atoms with Crippen molar-refractivity contribution in [3.05, 3.63) is 0 Å². The van der Waals surface area contributed by atoms with Crippen LogP contribution in [0.3, 0.4) is 0 Å². The average molecular weight is 235 g/mol. The van der Waals surface area contributed by atoms with Gasteiger partial charge >= 0.3 is 0 Å². The summed E-state index contributed by atoms with van der Waals surface area (Å²) >= 11 is 0. The van der Waals surface area contributed by atoms with Gasteiger partial charge < -0.3 is 5.11 Å². The monoisotopic (exact) mass is 235 g/mol. The Hall–Kier alpha value is -0.130. The number of aliphatic hydroxyl groups excluding tert-OH is 1. The Balaban J connectivity index is 2.42. The zero-order valence-electron chi connectivity index (χ0n) is 9.68. The van der Waals surface area contributed by atoms with Crippen LogP contribution < -0.4 is 0 Å². The molecule has 0 atom stereocenters. The maximum atomic E-state index is 11.8. The summed E-state index contributed by atoms with van der Waals surface area (Å²) < 4.78 is 25.0. The molecule has 0 bridgehead atoms. The first-order valence-corrected chi connectivity index (χ1v) is 7.04. The zero-order valence-corrected chi connectivity index (χ0v) is 10.5. The molecule has 0 amide bonds. The molecule has 0 unspecified atom stereocenters. The van der Waals surface area contributed by atoms with Crippen LogP contribution in [0.25, 0.3) is 0 Å². The fourth-order valence-electron chi connectivity index (χ4n) is 1.88. The second kappa shape index (κ2) is 4.80. The van der Waals surface area contributed by atoms with Crippen molar-refractivity contribution in [2.75, 3.05) is 19.3 Å². The van der Waals surface area contributed by atoms with E-state index in [1.807, 2.05) is 13.8 Å². The second-order valence-corrected chi connectivity index (χ2v) is 7.06. The number of nitrogens with zero attached hydrogens (tertiary/aromatic N) is 1. The molecule has 5 heteroatoms. The average Bonchev–Trinajstić information content (AvgIpc) is 1.98. The predicted octanol–water partition coefficient (Wildman–Crippen LogP) is 0.675. The summed E-state index contributed by atoms with van der Waals surface area (Å²) in [6.45, 7) is 4.35. The van der Waals surface area contributed by atoms with Gasteiger partial charge in [0.2, 0.25) is 10.0 Å². The molecule has 90 valence electrons. The molecule has 0 saturated heterocycles. The first-order valence-electron chi connectivity index (χ1n) is 5.43. The predicted molar refractivity (Wildman–Crippen MR) is 60.0 cm³/mol. The quantitative estimate of drug-likeness (QED) is 0.762. The van der Waals surface area contributed by atoms with Crippen molar-refractivity contribution in [3.63, 3.8) is 0 Å². The standard InChI is InChI=1S/C10H21NO3S/c1-8(2)7-15(13,14)11(3)6-9-4-10(12)5-9/h8-10,12H,4-7H2,1-3H3. The van der Waals surface area contributed by atoms with Crippen LogP contribution in [0.5, 0.6) is 0 Å². The van der Waals surface area contributed by atoms with Crippen molar-refractivity contribution in [2.24, 2.45) is 11.8 Å². The smallest absolute Gasteiger partial charge is 0.214 e. The highest BCUT2D eigenvalue weighted by molar-refractivity contribution is 7.89. The van der Waals surface area contributed by atoms with Crippen LogP contribution in [0.2, 0.25) is 0 Å². The van der Waals surface area contributed by atoms with Gasteiger partial charge in [-0.3, -0.25) is 0 Å². The zero-order chi connectivity index (χ0) is 11.6. The van der Waals surface area contributed by atoms with Crippen LogP contribution in [0, 0.1) is 11.8 Å². The lowest BCUT2D eigenvalue weighted by molar-refractivity contribution is 0.0367. The molecule has 0 aromatic heterocycles. The van der Waals surface area contributed by atoms with Crippen molar-refractivity contribution >= 4 is 10.0 Å². The third kappa shape index (κ3) is 3.74. The number of hydrogen-bond donors (Lipinski definition) is 1. The molecule has 1 aliphatic rings. The van der Waals surface area contributed by atoms with Gasteiger partial charge in [-0.2, -0.15) is 0 Å². The third-order valence-electron chi connectivity index (χ3n) is 2.74. The van der Waals surface area contributed by atoms with Crippen LogP contribution in [0.4, 0.5) is 0 Å². The van der Waals surface area contributed by atoms with Crippen molar-refractivity contribution in [3.8, 4) is 0 Å². The summed E-state index contributed by atoms with van der Waals surface area (Å²) in [4.78, 5) is 0. The van der Waals surface area contributed by atoms with Gasteiger partial charge in [0.15, 0.2) is 0 Å². The van der Waals surface area contributed by atoms with Gasteiger partial charge in [0.1, 0.15) is 0 Å². The molecule has 0 aliphatic heterocycles. The minimum Gasteiger partial charge on any atom is -0.393 e. The summed E-state index contributed by atoms with van der Waals surface area (Å²) in [5.74, 6) is 0.704. The summed E-state index contributed by atoms with van der Waals surface area (Å²) in [6, 6.07) is 0. The molecule has 0 aromatic carbocycles. The van der Waals surface area contributed by atoms with Crippen molar-refractivity contribution < 1.29 is 13.5 Å². The van der Waals surface area contributed by atoms with E-state index in [1.165, 1.54) is 4.31 Å². The Labute approximate surface area is 92.3 Å². The van der Waals surface area contributed by atoms with E-state index in [2.05, 4.69) is 0 Å². The van der Waals surface area contributed by atoms with Gasteiger partial charge in [-0.1, -0.05) is 13.8 Å². The molecule has 1 N–H and O–H groups in total. The Morgan fingerprint density at radius 3 is 2.33 bits per heavy atom. The lowest BCUT2D eigenvalue weighted by Crippen LogP contribution is -2.40. The minimum atomic E-state index is -3.10. The van der Waals surface area contributed by atoms with Crippen LogP contribution in [0.1, 0.15) is 26.7 Å². The normalized spacial score (nSPS) is 27.1.